The molecule has 0 saturated heterocycles. The molecule has 0 aromatic carbocycles. The van der Waals surface area contributed by atoms with Gasteiger partial charge in [0.1, 0.15) is 6.33 Å². The van der Waals surface area contributed by atoms with Gasteiger partial charge >= 0.3 is 5.69 Å². The van der Waals surface area contributed by atoms with E-state index >= 15 is 0 Å². The Balaban J connectivity index is 2.92. The highest BCUT2D eigenvalue weighted by molar-refractivity contribution is 5.67. The van der Waals surface area contributed by atoms with Crippen molar-refractivity contribution in [3.05, 3.63) is 16.4 Å². The summed E-state index contributed by atoms with van der Waals surface area (Å²) in [5.74, 6) is -0.127. The molecular weight excluding hydrogens is 226 g/mol. The summed E-state index contributed by atoms with van der Waals surface area (Å²) in [6, 6.07) is 0. The second-order valence-electron chi connectivity index (χ2n) is 4.39. The Labute approximate surface area is 98.0 Å². The van der Waals surface area contributed by atoms with E-state index in [1.54, 1.807) is 0 Å². The van der Waals surface area contributed by atoms with Crippen LogP contribution in [0.4, 0.5) is 17.3 Å². The van der Waals surface area contributed by atoms with Crippen molar-refractivity contribution in [2.45, 2.75) is 13.8 Å². The molecule has 0 unspecified atom stereocenters. The smallest absolute Gasteiger partial charge is 0.352 e. The Morgan fingerprint density at radius 1 is 1.59 bits per heavy atom. The van der Waals surface area contributed by atoms with Crippen LogP contribution in [-0.4, -0.2) is 33.1 Å². The summed E-state index contributed by atoms with van der Waals surface area (Å²) in [7, 11) is 0. The first-order valence-corrected chi connectivity index (χ1v) is 4.97. The molecule has 0 radical (unpaired) electrons. The van der Waals surface area contributed by atoms with Gasteiger partial charge in [0.25, 0.3) is 0 Å². The van der Waals surface area contributed by atoms with Crippen LogP contribution in [0.25, 0.3) is 0 Å². The average molecular weight is 241 g/mol. The Hall–Kier alpha value is -1.96. The Kier molecular flexibility index (Phi) is 3.79. The lowest BCUT2D eigenvalue weighted by Gasteiger charge is -2.21. The highest BCUT2D eigenvalue weighted by Crippen LogP contribution is 2.27. The summed E-state index contributed by atoms with van der Waals surface area (Å²) < 4.78 is 0. The molecule has 0 fully saturated rings. The number of nitro groups is 1. The van der Waals surface area contributed by atoms with Crippen molar-refractivity contribution >= 4 is 17.3 Å². The number of aliphatic hydroxyl groups is 1. The molecular formula is C9H15N5O3. The van der Waals surface area contributed by atoms with Crippen LogP contribution >= 0.6 is 0 Å². The summed E-state index contributed by atoms with van der Waals surface area (Å²) in [5, 5.41) is 22.7. The third kappa shape index (κ3) is 3.25. The quantitative estimate of drug-likeness (QED) is 0.502. The monoisotopic (exact) mass is 241 g/mol. The van der Waals surface area contributed by atoms with Crippen LogP contribution in [0.3, 0.4) is 0 Å². The fourth-order valence-electron chi connectivity index (χ4n) is 1.08. The van der Waals surface area contributed by atoms with Crippen LogP contribution in [0.15, 0.2) is 6.33 Å². The molecule has 1 heterocycles. The van der Waals surface area contributed by atoms with E-state index in [1.807, 2.05) is 13.8 Å². The van der Waals surface area contributed by atoms with E-state index < -0.39 is 10.3 Å². The van der Waals surface area contributed by atoms with Crippen LogP contribution < -0.4 is 11.1 Å². The molecule has 17 heavy (non-hydrogen) atoms. The van der Waals surface area contributed by atoms with E-state index in [9.17, 15) is 10.1 Å². The molecule has 0 atom stereocenters. The predicted octanol–water partition coefficient (Wildman–Crippen LogP) is 0.397. The van der Waals surface area contributed by atoms with E-state index in [0.717, 1.165) is 6.33 Å². The lowest BCUT2D eigenvalue weighted by atomic mass is 9.95. The van der Waals surface area contributed by atoms with Crippen molar-refractivity contribution in [2.24, 2.45) is 5.41 Å². The second-order valence-corrected chi connectivity index (χ2v) is 4.39. The number of nitrogen functional groups attached to an aromatic ring is 1. The van der Waals surface area contributed by atoms with Crippen molar-refractivity contribution in [3.8, 4) is 0 Å². The third-order valence-corrected chi connectivity index (χ3v) is 2.20. The van der Waals surface area contributed by atoms with Crippen LogP contribution in [0.1, 0.15) is 13.8 Å². The molecule has 0 aliphatic carbocycles. The van der Waals surface area contributed by atoms with E-state index in [1.165, 1.54) is 0 Å². The first-order valence-electron chi connectivity index (χ1n) is 4.97. The number of nitrogens with zero attached hydrogens (tertiary/aromatic N) is 3. The van der Waals surface area contributed by atoms with Gasteiger partial charge in [0.05, 0.1) is 4.92 Å². The molecule has 1 aromatic rings. The zero-order valence-corrected chi connectivity index (χ0v) is 9.67. The minimum atomic E-state index is -0.635. The number of rotatable bonds is 5. The maximum atomic E-state index is 10.8. The second kappa shape index (κ2) is 4.91. The van der Waals surface area contributed by atoms with Gasteiger partial charge in [0.2, 0.25) is 11.6 Å². The first-order chi connectivity index (χ1) is 7.87. The summed E-state index contributed by atoms with van der Waals surface area (Å²) in [6.45, 7) is 3.92. The Bertz CT molecular complexity index is 421. The van der Waals surface area contributed by atoms with Crippen LogP contribution in [0.5, 0.6) is 0 Å². The van der Waals surface area contributed by atoms with Gasteiger partial charge in [0.15, 0.2) is 0 Å². The number of hydrogen-bond acceptors (Lipinski definition) is 7. The van der Waals surface area contributed by atoms with Crippen molar-refractivity contribution in [1.82, 2.24) is 9.97 Å². The summed E-state index contributed by atoms with van der Waals surface area (Å²) >= 11 is 0. The van der Waals surface area contributed by atoms with Gasteiger partial charge in [-0.25, -0.2) is 9.97 Å². The Morgan fingerprint density at radius 3 is 2.76 bits per heavy atom. The maximum Gasteiger partial charge on any atom is 0.352 e. The summed E-state index contributed by atoms with van der Waals surface area (Å²) in [5.41, 5.74) is 4.66. The average Bonchev–Trinajstić information content (AvgIpc) is 2.26. The number of nitrogens with one attached hydrogen (secondary N) is 1. The molecule has 0 saturated carbocycles. The molecule has 94 valence electrons. The molecule has 1 rings (SSSR count). The number of aliphatic hydroxyl groups excluding tert-OH is 1. The van der Waals surface area contributed by atoms with Crippen molar-refractivity contribution in [3.63, 3.8) is 0 Å². The normalized spacial score (nSPS) is 11.2. The lowest BCUT2D eigenvalue weighted by molar-refractivity contribution is -0.383. The summed E-state index contributed by atoms with van der Waals surface area (Å²) in [4.78, 5) is 17.5. The van der Waals surface area contributed by atoms with E-state index in [-0.39, 0.29) is 23.9 Å². The zero-order chi connectivity index (χ0) is 13.1. The van der Waals surface area contributed by atoms with Gasteiger partial charge in [-0.2, -0.15) is 0 Å². The molecule has 0 bridgehead atoms. The van der Waals surface area contributed by atoms with E-state index in [2.05, 4.69) is 15.3 Å². The largest absolute Gasteiger partial charge is 0.396 e. The molecule has 8 nitrogen and oxygen atoms in total. The predicted molar refractivity (Wildman–Crippen MR) is 62.5 cm³/mol. The SMILES string of the molecule is CC(C)(CO)CNc1ncnc(N)c1[N+](=O)[O-]. The minimum absolute atomic E-state index is 0.0473. The molecule has 0 aliphatic heterocycles. The molecule has 0 aliphatic rings. The number of aromatic nitrogens is 2. The third-order valence-electron chi connectivity index (χ3n) is 2.20. The van der Waals surface area contributed by atoms with E-state index in [4.69, 9.17) is 10.8 Å². The highest BCUT2D eigenvalue weighted by Gasteiger charge is 2.23. The number of hydrogen-bond donors (Lipinski definition) is 3. The molecule has 8 heteroatoms. The van der Waals surface area contributed by atoms with Gasteiger partial charge in [-0.05, 0) is 0 Å². The number of anilines is 2. The van der Waals surface area contributed by atoms with Gasteiger partial charge in [0, 0.05) is 18.6 Å². The van der Waals surface area contributed by atoms with E-state index in [0.29, 0.717) is 6.54 Å². The van der Waals surface area contributed by atoms with Crippen molar-refractivity contribution < 1.29 is 10.0 Å². The fourth-order valence-corrected chi connectivity index (χ4v) is 1.08. The summed E-state index contributed by atoms with van der Waals surface area (Å²) in [6.07, 6.45) is 1.15. The fraction of sp³-hybridized carbons (Fsp3) is 0.556. The first kappa shape index (κ1) is 13.1. The van der Waals surface area contributed by atoms with Crippen LogP contribution in [0.2, 0.25) is 0 Å². The minimum Gasteiger partial charge on any atom is -0.396 e. The van der Waals surface area contributed by atoms with Gasteiger partial charge in [-0.1, -0.05) is 13.8 Å². The highest BCUT2D eigenvalue weighted by atomic mass is 16.6. The molecule has 0 spiro atoms. The van der Waals surface area contributed by atoms with Crippen LogP contribution in [0, 0.1) is 15.5 Å². The van der Waals surface area contributed by atoms with Crippen molar-refractivity contribution in [2.75, 3.05) is 24.2 Å². The topological polar surface area (TPSA) is 127 Å². The molecule has 0 amide bonds. The maximum absolute atomic E-state index is 10.8. The zero-order valence-electron chi connectivity index (χ0n) is 9.67. The van der Waals surface area contributed by atoms with Gasteiger partial charge in [-0.3, -0.25) is 10.1 Å². The van der Waals surface area contributed by atoms with Gasteiger partial charge in [-0.15, -0.1) is 0 Å². The lowest BCUT2D eigenvalue weighted by Crippen LogP contribution is -2.27. The van der Waals surface area contributed by atoms with Crippen LogP contribution in [-0.2, 0) is 0 Å². The standard InChI is InChI=1S/C9H15N5O3/c1-9(2,4-15)3-11-8-6(14(16)17)7(10)12-5-13-8/h5,15H,3-4H2,1-2H3,(H3,10,11,12,13). The van der Waals surface area contributed by atoms with Gasteiger partial charge < -0.3 is 16.2 Å². The Morgan fingerprint density at radius 2 is 2.24 bits per heavy atom. The van der Waals surface area contributed by atoms with Crippen molar-refractivity contribution in [1.29, 1.82) is 0 Å². The number of nitrogens with two attached hydrogens (primary N) is 1. The molecule has 1 aromatic heterocycles. The molecule has 4 N–H and O–H groups in total.